The molecule has 0 aromatic heterocycles. The smallest absolute Gasteiger partial charge is 0.0480 e. The Labute approximate surface area is 129 Å². The summed E-state index contributed by atoms with van der Waals surface area (Å²) in [6.45, 7) is 9.37. The van der Waals surface area contributed by atoms with Gasteiger partial charge in [-0.25, -0.2) is 0 Å². The maximum atomic E-state index is 6.39. The molecule has 1 fully saturated rings. The molecule has 0 spiro atoms. The van der Waals surface area contributed by atoms with Crippen molar-refractivity contribution in [3.8, 4) is 0 Å². The highest BCUT2D eigenvalue weighted by Gasteiger charge is 2.21. The minimum atomic E-state index is 0.0758. The predicted molar refractivity (Wildman–Crippen MR) is 88.5 cm³/mol. The number of hydrogen-bond acceptors (Lipinski definition) is 3. The molecule has 1 aromatic rings. The molecule has 3 heteroatoms. The van der Waals surface area contributed by atoms with Gasteiger partial charge in [-0.3, -0.25) is 0 Å². The van der Waals surface area contributed by atoms with Crippen molar-refractivity contribution in [3.63, 3.8) is 0 Å². The fraction of sp³-hybridized carbons (Fsp3) is 0.667. The van der Waals surface area contributed by atoms with Gasteiger partial charge in [0, 0.05) is 31.8 Å². The molecule has 1 heterocycles. The summed E-state index contributed by atoms with van der Waals surface area (Å²) >= 11 is 0. The van der Waals surface area contributed by atoms with Crippen LogP contribution in [0.5, 0.6) is 0 Å². The van der Waals surface area contributed by atoms with Crippen LogP contribution >= 0.6 is 0 Å². The first-order chi connectivity index (χ1) is 9.88. The van der Waals surface area contributed by atoms with Gasteiger partial charge in [-0.2, -0.15) is 0 Å². The molecular weight excluding hydrogens is 260 g/mol. The van der Waals surface area contributed by atoms with E-state index < -0.39 is 0 Å². The molecule has 1 saturated heterocycles. The first-order valence-corrected chi connectivity index (χ1v) is 8.02. The van der Waals surface area contributed by atoms with Crippen LogP contribution < -0.4 is 5.73 Å². The summed E-state index contributed by atoms with van der Waals surface area (Å²) in [5.41, 5.74) is 9.17. The SMILES string of the molecule is CN(CC(N)c1ccc(C(C)(C)C)cc1)C1CCOCC1. The maximum absolute atomic E-state index is 6.39. The molecule has 1 atom stereocenters. The van der Waals surface area contributed by atoms with Crippen molar-refractivity contribution < 1.29 is 4.74 Å². The zero-order valence-electron chi connectivity index (χ0n) is 13.9. The van der Waals surface area contributed by atoms with Gasteiger partial charge in [0.25, 0.3) is 0 Å². The topological polar surface area (TPSA) is 38.5 Å². The molecule has 0 saturated carbocycles. The van der Waals surface area contributed by atoms with E-state index in [4.69, 9.17) is 10.5 Å². The van der Waals surface area contributed by atoms with Crippen LogP contribution in [0.3, 0.4) is 0 Å². The molecule has 1 aromatic carbocycles. The first kappa shape index (κ1) is 16.5. The van der Waals surface area contributed by atoms with E-state index >= 15 is 0 Å². The summed E-state index contributed by atoms with van der Waals surface area (Å²) in [6, 6.07) is 9.48. The Kier molecular flexibility index (Phi) is 5.42. The highest BCUT2D eigenvalue weighted by Crippen LogP contribution is 2.24. The fourth-order valence-electron chi connectivity index (χ4n) is 2.92. The number of nitrogens with two attached hydrogens (primary N) is 1. The predicted octanol–water partition coefficient (Wildman–Crippen LogP) is 3.09. The lowest BCUT2D eigenvalue weighted by molar-refractivity contribution is 0.0413. The third-order valence-electron chi connectivity index (χ3n) is 4.50. The zero-order chi connectivity index (χ0) is 15.5. The van der Waals surface area contributed by atoms with Crippen molar-refractivity contribution in [1.82, 2.24) is 4.90 Å². The van der Waals surface area contributed by atoms with Crippen LogP contribution in [-0.4, -0.2) is 37.7 Å². The summed E-state index contributed by atoms with van der Waals surface area (Å²) in [7, 11) is 2.18. The van der Waals surface area contributed by atoms with Crippen molar-refractivity contribution in [1.29, 1.82) is 0 Å². The highest BCUT2D eigenvalue weighted by atomic mass is 16.5. The maximum Gasteiger partial charge on any atom is 0.0480 e. The molecule has 118 valence electrons. The summed E-state index contributed by atoms with van der Waals surface area (Å²) < 4.78 is 5.43. The van der Waals surface area contributed by atoms with Crippen LogP contribution in [0, 0.1) is 0 Å². The Morgan fingerprint density at radius 2 is 1.76 bits per heavy atom. The van der Waals surface area contributed by atoms with Crippen molar-refractivity contribution in [2.24, 2.45) is 5.73 Å². The molecule has 1 aliphatic heterocycles. The van der Waals surface area contributed by atoms with Crippen molar-refractivity contribution in [3.05, 3.63) is 35.4 Å². The summed E-state index contributed by atoms with van der Waals surface area (Å²) in [6.07, 6.45) is 2.23. The molecule has 0 radical (unpaired) electrons. The van der Waals surface area contributed by atoms with Crippen LogP contribution in [-0.2, 0) is 10.2 Å². The summed E-state index contributed by atoms with van der Waals surface area (Å²) in [5, 5.41) is 0. The van der Waals surface area contributed by atoms with E-state index in [1.807, 2.05) is 0 Å². The number of hydrogen-bond donors (Lipinski definition) is 1. The Balaban J connectivity index is 1.94. The number of likely N-dealkylation sites (N-methyl/N-ethyl adjacent to an activating group) is 1. The first-order valence-electron chi connectivity index (χ1n) is 8.02. The average Bonchev–Trinajstić information content (AvgIpc) is 2.47. The molecule has 1 unspecified atom stereocenters. The van der Waals surface area contributed by atoms with Gasteiger partial charge in [-0.1, -0.05) is 45.0 Å². The molecule has 0 bridgehead atoms. The third-order valence-corrected chi connectivity index (χ3v) is 4.50. The van der Waals surface area contributed by atoms with Crippen molar-refractivity contribution >= 4 is 0 Å². The van der Waals surface area contributed by atoms with E-state index in [9.17, 15) is 0 Å². The van der Waals surface area contributed by atoms with Crippen LogP contribution in [0.1, 0.15) is 50.8 Å². The van der Waals surface area contributed by atoms with E-state index in [1.54, 1.807) is 0 Å². The van der Waals surface area contributed by atoms with Crippen LogP contribution in [0.25, 0.3) is 0 Å². The molecule has 3 nitrogen and oxygen atoms in total. The Hall–Kier alpha value is -0.900. The van der Waals surface area contributed by atoms with E-state index in [2.05, 4.69) is 57.0 Å². The van der Waals surface area contributed by atoms with Gasteiger partial charge < -0.3 is 15.4 Å². The molecule has 2 rings (SSSR count). The van der Waals surface area contributed by atoms with Gasteiger partial charge in [0.05, 0.1) is 0 Å². The van der Waals surface area contributed by atoms with Crippen LogP contribution in [0.15, 0.2) is 24.3 Å². The molecule has 0 amide bonds. The van der Waals surface area contributed by atoms with E-state index in [-0.39, 0.29) is 11.5 Å². The molecule has 0 aliphatic carbocycles. The number of nitrogens with zero attached hydrogens (tertiary/aromatic N) is 1. The minimum Gasteiger partial charge on any atom is -0.381 e. The molecule has 21 heavy (non-hydrogen) atoms. The number of benzene rings is 1. The lowest BCUT2D eigenvalue weighted by Gasteiger charge is -2.33. The van der Waals surface area contributed by atoms with E-state index in [1.165, 1.54) is 11.1 Å². The lowest BCUT2D eigenvalue weighted by atomic mass is 9.86. The van der Waals surface area contributed by atoms with Crippen molar-refractivity contribution in [2.45, 2.75) is 51.1 Å². The zero-order valence-corrected chi connectivity index (χ0v) is 13.9. The number of ether oxygens (including phenoxy) is 1. The highest BCUT2D eigenvalue weighted by molar-refractivity contribution is 5.29. The summed E-state index contributed by atoms with van der Waals surface area (Å²) in [5.74, 6) is 0. The van der Waals surface area contributed by atoms with Crippen molar-refractivity contribution in [2.75, 3.05) is 26.8 Å². The molecule has 2 N–H and O–H groups in total. The third kappa shape index (κ3) is 4.53. The average molecular weight is 290 g/mol. The standard InChI is InChI=1S/C18H30N2O/c1-18(2,3)15-7-5-14(6-8-15)17(19)13-20(4)16-9-11-21-12-10-16/h5-8,16-17H,9-13,19H2,1-4H3. The van der Waals surface area contributed by atoms with Crippen LogP contribution in [0.4, 0.5) is 0 Å². The Bertz CT molecular complexity index is 430. The Morgan fingerprint density at radius 3 is 2.29 bits per heavy atom. The van der Waals surface area contributed by atoms with E-state index in [0.29, 0.717) is 6.04 Å². The normalized spacial score (nSPS) is 19.0. The van der Waals surface area contributed by atoms with Crippen LogP contribution in [0.2, 0.25) is 0 Å². The second-order valence-electron chi connectivity index (χ2n) is 7.26. The molecular formula is C18H30N2O. The quantitative estimate of drug-likeness (QED) is 0.926. The van der Waals surface area contributed by atoms with Gasteiger partial charge in [0.1, 0.15) is 0 Å². The van der Waals surface area contributed by atoms with Gasteiger partial charge in [0.2, 0.25) is 0 Å². The fourth-order valence-corrected chi connectivity index (χ4v) is 2.92. The minimum absolute atomic E-state index is 0.0758. The van der Waals surface area contributed by atoms with Gasteiger partial charge >= 0.3 is 0 Å². The largest absolute Gasteiger partial charge is 0.381 e. The molecule has 1 aliphatic rings. The second kappa shape index (κ2) is 6.91. The second-order valence-corrected chi connectivity index (χ2v) is 7.26. The van der Waals surface area contributed by atoms with Gasteiger partial charge in [0.15, 0.2) is 0 Å². The van der Waals surface area contributed by atoms with Gasteiger partial charge in [-0.15, -0.1) is 0 Å². The Morgan fingerprint density at radius 1 is 1.19 bits per heavy atom. The van der Waals surface area contributed by atoms with E-state index in [0.717, 1.165) is 32.6 Å². The lowest BCUT2D eigenvalue weighted by Crippen LogP contribution is -2.40. The summed E-state index contributed by atoms with van der Waals surface area (Å²) in [4.78, 5) is 2.39. The van der Waals surface area contributed by atoms with Gasteiger partial charge in [-0.05, 0) is 36.4 Å². The number of rotatable bonds is 4. The monoisotopic (exact) mass is 290 g/mol.